The largest absolute Gasteiger partial charge is 0.501 e. The normalized spacial score (nSPS) is 48.1. The molecule has 0 aromatic carbocycles. The van der Waals surface area contributed by atoms with E-state index in [1.807, 2.05) is 13.2 Å². The Bertz CT molecular complexity index is 1270. The lowest BCUT2D eigenvalue weighted by Crippen LogP contribution is -2.52. The van der Waals surface area contributed by atoms with Crippen LogP contribution in [0.15, 0.2) is 59.4 Å². The molecular weight excluding hydrogens is 516 g/mol. The van der Waals surface area contributed by atoms with E-state index >= 15 is 0 Å². The summed E-state index contributed by atoms with van der Waals surface area (Å²) in [6.45, 7) is 7.70. The van der Waals surface area contributed by atoms with Crippen LogP contribution in [0, 0.1) is 57.2 Å². The van der Waals surface area contributed by atoms with Crippen molar-refractivity contribution in [3.05, 3.63) is 59.4 Å². The zero-order chi connectivity index (χ0) is 29.3. The van der Waals surface area contributed by atoms with Crippen molar-refractivity contribution < 1.29 is 14.6 Å². The van der Waals surface area contributed by atoms with Crippen LogP contribution in [0.1, 0.15) is 104 Å². The highest BCUT2D eigenvalue weighted by atomic mass is 16.5. The van der Waals surface area contributed by atoms with Crippen molar-refractivity contribution in [2.45, 2.75) is 104 Å². The van der Waals surface area contributed by atoms with E-state index < -0.39 is 0 Å². The maximum atomic E-state index is 11.8. The zero-order valence-electron chi connectivity index (χ0n) is 26.7. The maximum absolute atomic E-state index is 11.8. The minimum atomic E-state index is -0.0687. The van der Waals surface area contributed by atoms with Crippen LogP contribution in [0.4, 0.5) is 0 Å². The molecule has 0 aromatic heterocycles. The molecule has 8 rings (SSSR count). The Hall–Kier alpha value is -1.87. The average Bonchev–Trinajstić information content (AvgIpc) is 3.59. The van der Waals surface area contributed by atoms with Gasteiger partial charge in [-0.3, -0.25) is 4.79 Å². The van der Waals surface area contributed by atoms with Gasteiger partial charge in [0, 0.05) is 18.3 Å². The Labute approximate surface area is 254 Å². The first-order chi connectivity index (χ1) is 20.2. The smallest absolute Gasteiger partial charge is 0.155 e. The van der Waals surface area contributed by atoms with Gasteiger partial charge in [0.25, 0.3) is 0 Å². The molecule has 228 valence electrons. The summed E-state index contributed by atoms with van der Waals surface area (Å²) in [6, 6.07) is 0. The van der Waals surface area contributed by atoms with Crippen LogP contribution in [-0.4, -0.2) is 24.6 Å². The van der Waals surface area contributed by atoms with Gasteiger partial charge in [-0.15, -0.1) is 0 Å². The van der Waals surface area contributed by atoms with Gasteiger partial charge in [0.2, 0.25) is 0 Å². The molecule has 1 N–H and O–H groups in total. The summed E-state index contributed by atoms with van der Waals surface area (Å²) in [7, 11) is 1.82. The highest BCUT2D eigenvalue weighted by Gasteiger charge is 2.57. The molecule has 8 aliphatic carbocycles. The molecule has 8 aliphatic rings. The van der Waals surface area contributed by atoms with E-state index in [-0.39, 0.29) is 17.8 Å². The van der Waals surface area contributed by atoms with Crippen LogP contribution in [0.3, 0.4) is 0 Å². The van der Waals surface area contributed by atoms with Gasteiger partial charge in [-0.05, 0) is 140 Å². The number of carbonyl (C=O) groups is 1. The van der Waals surface area contributed by atoms with E-state index in [9.17, 15) is 9.90 Å². The maximum Gasteiger partial charge on any atom is 0.155 e. The molecule has 0 amide bonds. The molecule has 0 bridgehead atoms. The Morgan fingerprint density at radius 1 is 0.786 bits per heavy atom. The third kappa shape index (κ3) is 4.26. The first-order valence-corrected chi connectivity index (χ1v) is 17.3. The fourth-order valence-electron chi connectivity index (χ4n) is 12.1. The summed E-state index contributed by atoms with van der Waals surface area (Å²) in [5, 5.41) is 10.2. The first kappa shape index (κ1) is 28.9. The van der Waals surface area contributed by atoms with E-state index in [0.29, 0.717) is 28.6 Å². The van der Waals surface area contributed by atoms with Crippen molar-refractivity contribution in [2.75, 3.05) is 13.7 Å². The minimum Gasteiger partial charge on any atom is -0.501 e. The Balaban J connectivity index is 0.000000137. The van der Waals surface area contributed by atoms with E-state index in [2.05, 4.69) is 57.2 Å². The van der Waals surface area contributed by atoms with Gasteiger partial charge in [0.15, 0.2) is 5.78 Å². The third-order valence-electron chi connectivity index (χ3n) is 14.6. The quantitative estimate of drug-likeness (QED) is 0.337. The van der Waals surface area contributed by atoms with Crippen LogP contribution in [0.5, 0.6) is 0 Å². The second-order valence-electron chi connectivity index (χ2n) is 16.2. The van der Waals surface area contributed by atoms with Gasteiger partial charge < -0.3 is 9.84 Å². The molecule has 0 heterocycles. The zero-order valence-corrected chi connectivity index (χ0v) is 26.7. The topological polar surface area (TPSA) is 46.5 Å². The van der Waals surface area contributed by atoms with Gasteiger partial charge in [-0.25, -0.2) is 0 Å². The lowest BCUT2D eigenvalue weighted by molar-refractivity contribution is -0.118. The SMILES string of the molecule is COC1=CC2=CC[C@H]3[C@@H]4CC=C[C@@]4(C)CC[C@@H]3[C@@]2(C)CC1.C[C@@]12C=CC[C@H]1[C@@H]1CCC3=CC(=O)CC[C@]3(CO)[C@H]1CC2. The molecule has 0 saturated heterocycles. The summed E-state index contributed by atoms with van der Waals surface area (Å²) >= 11 is 0. The second kappa shape index (κ2) is 10.4. The van der Waals surface area contributed by atoms with Crippen molar-refractivity contribution in [2.24, 2.45) is 57.2 Å². The van der Waals surface area contributed by atoms with E-state index in [4.69, 9.17) is 4.74 Å². The van der Waals surface area contributed by atoms with Crippen molar-refractivity contribution >= 4 is 5.78 Å². The van der Waals surface area contributed by atoms with Crippen molar-refractivity contribution in [3.8, 4) is 0 Å². The molecule has 0 radical (unpaired) electrons. The minimum absolute atomic E-state index is 0.0687. The summed E-state index contributed by atoms with van der Waals surface area (Å²) in [6.07, 6.45) is 31.8. The van der Waals surface area contributed by atoms with Gasteiger partial charge in [-0.1, -0.05) is 56.7 Å². The summed E-state index contributed by atoms with van der Waals surface area (Å²) < 4.78 is 5.52. The molecule has 3 nitrogen and oxygen atoms in total. The fourth-order valence-corrected chi connectivity index (χ4v) is 12.1. The molecule has 0 aliphatic heterocycles. The summed E-state index contributed by atoms with van der Waals surface area (Å²) in [4.78, 5) is 11.8. The van der Waals surface area contributed by atoms with Gasteiger partial charge in [0.1, 0.15) is 0 Å². The lowest BCUT2D eigenvalue weighted by atomic mass is 9.47. The Morgan fingerprint density at radius 3 is 2.17 bits per heavy atom. The lowest BCUT2D eigenvalue weighted by Gasteiger charge is -2.57. The fraction of sp³-hybridized carbons (Fsp3) is 0.718. The van der Waals surface area contributed by atoms with Crippen LogP contribution < -0.4 is 0 Å². The van der Waals surface area contributed by atoms with Gasteiger partial charge in [0.05, 0.1) is 19.5 Å². The molecule has 3 saturated carbocycles. The molecule has 42 heavy (non-hydrogen) atoms. The number of fused-ring (bicyclic) bond motifs is 10. The number of methoxy groups -OCH3 is 1. The number of allylic oxidation sites excluding steroid dienone is 9. The Kier molecular flexibility index (Phi) is 7.12. The first-order valence-electron chi connectivity index (χ1n) is 17.3. The van der Waals surface area contributed by atoms with Gasteiger partial charge >= 0.3 is 0 Å². The number of aliphatic hydroxyl groups is 1. The summed E-state index contributed by atoms with van der Waals surface area (Å²) in [5.74, 6) is 6.20. The summed E-state index contributed by atoms with van der Waals surface area (Å²) in [5.41, 5.74) is 4.06. The Morgan fingerprint density at radius 2 is 1.48 bits per heavy atom. The van der Waals surface area contributed by atoms with Gasteiger partial charge in [-0.2, -0.15) is 0 Å². The number of hydrogen-bond donors (Lipinski definition) is 1. The molecule has 0 aromatic rings. The van der Waals surface area contributed by atoms with Crippen LogP contribution in [0.25, 0.3) is 0 Å². The molecule has 3 heteroatoms. The molecule has 10 atom stereocenters. The van der Waals surface area contributed by atoms with E-state index in [0.717, 1.165) is 48.9 Å². The van der Waals surface area contributed by atoms with Crippen LogP contribution in [-0.2, 0) is 9.53 Å². The predicted octanol–water partition coefficient (Wildman–Crippen LogP) is 8.91. The third-order valence-corrected chi connectivity index (χ3v) is 14.6. The second-order valence-corrected chi connectivity index (χ2v) is 16.2. The van der Waals surface area contributed by atoms with E-state index in [1.165, 1.54) is 69.1 Å². The molecule has 0 spiro atoms. The average molecular weight is 571 g/mol. The number of ketones is 1. The highest BCUT2D eigenvalue weighted by molar-refractivity contribution is 5.91. The standard InChI is InChI=1S/C20H28O.C19H26O2/c1-19-10-4-5-17(19)16-7-6-14-13-15(21-3)8-12-20(14,2)18(16)9-11-19;1-18-8-2-3-16(18)15-5-4-13-11-14(21)6-10-19(13,12-20)17(15)7-9-18/h4,6,10,13,16-18H,5,7-9,11-12H2,1-3H3;2,8,11,15-17,20H,3-7,9-10,12H2,1H3/t16-,17-,18-,19-,20-;15-,16-,17-,18-,19+/m00/s1. The number of hydrogen-bond acceptors (Lipinski definition) is 3. The predicted molar refractivity (Wildman–Crippen MR) is 169 cm³/mol. The molecule has 3 fully saturated rings. The molecular formula is C39H54O3. The van der Waals surface area contributed by atoms with Crippen molar-refractivity contribution in [1.29, 1.82) is 0 Å². The van der Waals surface area contributed by atoms with Crippen molar-refractivity contribution in [1.82, 2.24) is 0 Å². The number of ether oxygens (including phenoxy) is 1. The van der Waals surface area contributed by atoms with E-state index in [1.54, 1.807) is 5.57 Å². The highest BCUT2D eigenvalue weighted by Crippen LogP contribution is 2.65. The van der Waals surface area contributed by atoms with Crippen LogP contribution in [0.2, 0.25) is 0 Å². The van der Waals surface area contributed by atoms with Crippen LogP contribution >= 0.6 is 0 Å². The van der Waals surface area contributed by atoms with Crippen molar-refractivity contribution in [3.63, 3.8) is 0 Å². The number of rotatable bonds is 2. The molecule has 0 unspecified atom stereocenters. The number of aliphatic hydroxyl groups excluding tert-OH is 1. The number of carbonyl (C=O) groups excluding carboxylic acids is 1. The monoisotopic (exact) mass is 570 g/mol.